The number of hydrogen-bond acceptors (Lipinski definition) is 3. The van der Waals surface area contributed by atoms with Gasteiger partial charge in [-0.25, -0.2) is 0 Å². The number of carbonyl (C=O) groups excluding carboxylic acids is 1. The molecule has 0 fully saturated rings. The number of thioether (sulfide) groups is 1. The molecule has 1 N–H and O–H groups in total. The fourth-order valence-corrected chi connectivity index (χ4v) is 3.41. The van der Waals surface area contributed by atoms with Crippen molar-refractivity contribution in [1.82, 2.24) is 5.32 Å². The van der Waals surface area contributed by atoms with E-state index in [0.29, 0.717) is 19.6 Å². The van der Waals surface area contributed by atoms with E-state index in [0.717, 1.165) is 17.7 Å². The van der Waals surface area contributed by atoms with E-state index in [1.807, 2.05) is 6.08 Å². The highest BCUT2D eigenvalue weighted by Gasteiger charge is 2.16. The molecular formula is C18H25NO2S. The first-order chi connectivity index (χ1) is 10.6. The van der Waals surface area contributed by atoms with E-state index in [9.17, 15) is 4.79 Å². The first kappa shape index (κ1) is 17.1. The Morgan fingerprint density at radius 3 is 2.82 bits per heavy atom. The Balaban J connectivity index is 1.87. The van der Waals surface area contributed by atoms with Gasteiger partial charge in [0.2, 0.25) is 5.91 Å². The van der Waals surface area contributed by atoms with E-state index in [2.05, 4.69) is 44.3 Å². The third-order valence-electron chi connectivity index (χ3n) is 4.01. The largest absolute Gasteiger partial charge is 0.377 e. The second-order valence-electron chi connectivity index (χ2n) is 5.69. The molecule has 0 bridgehead atoms. The van der Waals surface area contributed by atoms with Gasteiger partial charge in [0, 0.05) is 28.7 Å². The minimum atomic E-state index is 0.0656. The highest BCUT2D eigenvalue weighted by molar-refractivity contribution is 7.99. The number of hydrogen-bond donors (Lipinski definition) is 1. The van der Waals surface area contributed by atoms with Gasteiger partial charge in [-0.15, -0.1) is 11.8 Å². The lowest BCUT2D eigenvalue weighted by molar-refractivity contribution is -0.118. The van der Waals surface area contributed by atoms with Gasteiger partial charge in [-0.1, -0.05) is 19.1 Å². The molecule has 1 aliphatic rings. The van der Waals surface area contributed by atoms with E-state index in [1.54, 1.807) is 11.8 Å². The molecule has 1 unspecified atom stereocenters. The lowest BCUT2D eigenvalue weighted by Gasteiger charge is -2.19. The molecule has 1 heterocycles. The average Bonchev–Trinajstić information content (AvgIpc) is 2.55. The molecule has 0 saturated carbocycles. The molecule has 0 saturated heterocycles. The molecule has 3 nitrogen and oxygen atoms in total. The Morgan fingerprint density at radius 2 is 2.18 bits per heavy atom. The van der Waals surface area contributed by atoms with E-state index in [4.69, 9.17) is 4.74 Å². The van der Waals surface area contributed by atoms with Crippen LogP contribution in [0.2, 0.25) is 0 Å². The van der Waals surface area contributed by atoms with Crippen molar-refractivity contribution in [3.05, 3.63) is 41.0 Å². The SMILES string of the molecule is CCC(CSc1ccc(C)c(C)c1)NC(=O)C1=CCOCC1. The van der Waals surface area contributed by atoms with Crippen LogP contribution in [0, 0.1) is 13.8 Å². The van der Waals surface area contributed by atoms with Crippen LogP contribution >= 0.6 is 11.8 Å². The summed E-state index contributed by atoms with van der Waals surface area (Å²) < 4.78 is 5.25. The first-order valence-corrected chi connectivity index (χ1v) is 8.86. The Hall–Kier alpha value is -1.26. The van der Waals surface area contributed by atoms with Crippen molar-refractivity contribution in [1.29, 1.82) is 0 Å². The normalized spacial score (nSPS) is 16.0. The van der Waals surface area contributed by atoms with Gasteiger partial charge in [-0.05, 0) is 43.5 Å². The van der Waals surface area contributed by atoms with Gasteiger partial charge in [-0.3, -0.25) is 4.79 Å². The van der Waals surface area contributed by atoms with Crippen LogP contribution in [0.25, 0.3) is 0 Å². The number of carbonyl (C=O) groups is 1. The van der Waals surface area contributed by atoms with Gasteiger partial charge in [-0.2, -0.15) is 0 Å². The number of nitrogens with one attached hydrogen (secondary N) is 1. The van der Waals surface area contributed by atoms with Gasteiger partial charge in [0.1, 0.15) is 0 Å². The summed E-state index contributed by atoms with van der Waals surface area (Å²) in [6.45, 7) is 7.57. The van der Waals surface area contributed by atoms with Crippen LogP contribution in [0.4, 0.5) is 0 Å². The Kier molecular flexibility index (Phi) is 6.52. The average molecular weight is 319 g/mol. The van der Waals surface area contributed by atoms with Crippen molar-refractivity contribution < 1.29 is 9.53 Å². The molecule has 2 rings (SSSR count). The number of benzene rings is 1. The van der Waals surface area contributed by atoms with Crippen molar-refractivity contribution >= 4 is 17.7 Å². The Morgan fingerprint density at radius 1 is 1.36 bits per heavy atom. The summed E-state index contributed by atoms with van der Waals surface area (Å²) in [6.07, 6.45) is 3.54. The fraction of sp³-hybridized carbons (Fsp3) is 0.500. The zero-order valence-corrected chi connectivity index (χ0v) is 14.5. The summed E-state index contributed by atoms with van der Waals surface area (Å²) in [5.41, 5.74) is 3.49. The lowest BCUT2D eigenvalue weighted by atomic mass is 10.1. The third-order valence-corrected chi connectivity index (χ3v) is 5.17. The molecule has 1 aromatic rings. The molecule has 4 heteroatoms. The third kappa shape index (κ3) is 4.89. The summed E-state index contributed by atoms with van der Waals surface area (Å²) in [7, 11) is 0. The zero-order chi connectivity index (χ0) is 15.9. The molecule has 1 aliphatic heterocycles. The molecule has 120 valence electrons. The molecule has 1 aromatic carbocycles. The number of ether oxygens (including phenoxy) is 1. The minimum Gasteiger partial charge on any atom is -0.377 e. The number of aryl methyl sites for hydroxylation is 2. The van der Waals surface area contributed by atoms with Crippen LogP contribution in [-0.2, 0) is 9.53 Å². The summed E-state index contributed by atoms with van der Waals surface area (Å²) >= 11 is 1.81. The van der Waals surface area contributed by atoms with Gasteiger partial charge in [0.25, 0.3) is 0 Å². The van der Waals surface area contributed by atoms with Gasteiger partial charge < -0.3 is 10.1 Å². The van der Waals surface area contributed by atoms with Crippen LogP contribution in [-0.4, -0.2) is 30.9 Å². The second-order valence-corrected chi connectivity index (χ2v) is 6.78. The number of amides is 1. The van der Waals surface area contributed by atoms with Crippen molar-refractivity contribution in [2.45, 2.75) is 44.6 Å². The lowest BCUT2D eigenvalue weighted by Crippen LogP contribution is -2.37. The molecule has 0 aromatic heterocycles. The number of rotatable bonds is 6. The van der Waals surface area contributed by atoms with Crippen molar-refractivity contribution in [3.8, 4) is 0 Å². The predicted molar refractivity (Wildman–Crippen MR) is 92.4 cm³/mol. The Bertz CT molecular complexity index is 554. The quantitative estimate of drug-likeness (QED) is 0.814. The maximum Gasteiger partial charge on any atom is 0.247 e. The van der Waals surface area contributed by atoms with E-state index in [1.165, 1.54) is 16.0 Å². The Labute approximate surface area is 137 Å². The van der Waals surface area contributed by atoms with Crippen molar-refractivity contribution in [2.75, 3.05) is 19.0 Å². The van der Waals surface area contributed by atoms with Gasteiger partial charge >= 0.3 is 0 Å². The van der Waals surface area contributed by atoms with Gasteiger partial charge in [0.15, 0.2) is 0 Å². The summed E-state index contributed by atoms with van der Waals surface area (Å²) in [6, 6.07) is 6.73. The van der Waals surface area contributed by atoms with Crippen LogP contribution in [0.1, 0.15) is 30.9 Å². The first-order valence-electron chi connectivity index (χ1n) is 7.88. The molecule has 0 radical (unpaired) electrons. The monoisotopic (exact) mass is 319 g/mol. The molecule has 1 amide bonds. The maximum atomic E-state index is 12.2. The van der Waals surface area contributed by atoms with Crippen LogP contribution in [0.5, 0.6) is 0 Å². The second kappa shape index (κ2) is 8.39. The molecule has 1 atom stereocenters. The summed E-state index contributed by atoms with van der Waals surface area (Å²) in [5, 5.41) is 3.15. The van der Waals surface area contributed by atoms with Crippen LogP contribution in [0.3, 0.4) is 0 Å². The van der Waals surface area contributed by atoms with E-state index in [-0.39, 0.29) is 11.9 Å². The zero-order valence-electron chi connectivity index (χ0n) is 13.6. The topological polar surface area (TPSA) is 38.3 Å². The standard InChI is InChI=1S/C18H25NO2S/c1-4-16(19-18(20)15-7-9-21-10-8-15)12-22-17-6-5-13(2)14(3)11-17/h5-7,11,16H,4,8-10,12H2,1-3H3,(H,19,20). The van der Waals surface area contributed by atoms with Crippen LogP contribution < -0.4 is 5.32 Å². The minimum absolute atomic E-state index is 0.0656. The molecule has 22 heavy (non-hydrogen) atoms. The molecule has 0 aliphatic carbocycles. The van der Waals surface area contributed by atoms with Crippen molar-refractivity contribution in [2.24, 2.45) is 0 Å². The highest BCUT2D eigenvalue weighted by Crippen LogP contribution is 2.22. The maximum absolute atomic E-state index is 12.2. The predicted octanol–water partition coefficient (Wildman–Crippen LogP) is 3.64. The van der Waals surface area contributed by atoms with Crippen molar-refractivity contribution in [3.63, 3.8) is 0 Å². The highest BCUT2D eigenvalue weighted by atomic mass is 32.2. The van der Waals surface area contributed by atoms with E-state index < -0.39 is 0 Å². The summed E-state index contributed by atoms with van der Waals surface area (Å²) in [4.78, 5) is 13.5. The van der Waals surface area contributed by atoms with Crippen LogP contribution in [0.15, 0.2) is 34.7 Å². The fourth-order valence-electron chi connectivity index (χ4n) is 2.27. The van der Waals surface area contributed by atoms with E-state index >= 15 is 0 Å². The van der Waals surface area contributed by atoms with Gasteiger partial charge in [0.05, 0.1) is 13.2 Å². The summed E-state index contributed by atoms with van der Waals surface area (Å²) in [5.74, 6) is 0.963. The smallest absolute Gasteiger partial charge is 0.247 e. The molecular weight excluding hydrogens is 294 g/mol. The molecule has 0 spiro atoms.